The number of hydrogen-bond donors (Lipinski definition) is 3. The van der Waals surface area contributed by atoms with Crippen LogP contribution in [0.3, 0.4) is 0 Å². The molecule has 1 aromatic rings. The zero-order chi connectivity index (χ0) is 12.0. The number of nitrogens with zero attached hydrogens (tertiary/aromatic N) is 2. The van der Waals surface area contributed by atoms with Crippen LogP contribution in [0, 0.1) is 6.92 Å². The first-order chi connectivity index (χ1) is 7.65. The Balaban J connectivity index is 2.61. The third kappa shape index (κ3) is 4.02. The molecule has 0 aliphatic heterocycles. The van der Waals surface area contributed by atoms with E-state index in [-0.39, 0.29) is 6.61 Å². The molecule has 1 unspecified atom stereocenters. The molecular weight excluding hydrogens is 204 g/mol. The van der Waals surface area contributed by atoms with E-state index in [2.05, 4.69) is 27.5 Å². The number of aryl methyl sites for hydroxylation is 1. The van der Waals surface area contributed by atoms with Crippen LogP contribution < -0.4 is 10.6 Å². The van der Waals surface area contributed by atoms with Crippen molar-refractivity contribution in [3.63, 3.8) is 0 Å². The monoisotopic (exact) mass is 224 g/mol. The molecule has 1 aromatic heterocycles. The molecule has 16 heavy (non-hydrogen) atoms. The normalized spacial score (nSPS) is 12.2. The molecule has 0 fully saturated rings. The summed E-state index contributed by atoms with van der Waals surface area (Å²) in [5.74, 6) is 1.44. The van der Waals surface area contributed by atoms with Crippen LogP contribution in [-0.4, -0.2) is 34.8 Å². The van der Waals surface area contributed by atoms with E-state index in [4.69, 9.17) is 5.11 Å². The third-order valence-corrected chi connectivity index (χ3v) is 2.27. The molecule has 0 amide bonds. The lowest BCUT2D eigenvalue weighted by molar-refractivity contribution is 0.282. The Kier molecular flexibility index (Phi) is 4.98. The summed E-state index contributed by atoms with van der Waals surface area (Å²) in [6.45, 7) is 4.24. The van der Waals surface area contributed by atoms with E-state index in [0.29, 0.717) is 12.0 Å². The van der Waals surface area contributed by atoms with Gasteiger partial charge in [0.15, 0.2) is 0 Å². The van der Waals surface area contributed by atoms with Crippen LogP contribution in [0.15, 0.2) is 6.07 Å². The van der Waals surface area contributed by atoms with E-state index in [1.807, 2.05) is 13.0 Å². The number of rotatable bonds is 6. The second-order valence-corrected chi connectivity index (χ2v) is 3.88. The summed E-state index contributed by atoms with van der Waals surface area (Å²) in [6.07, 6.45) is 1.73. The second-order valence-electron chi connectivity index (χ2n) is 3.88. The highest BCUT2D eigenvalue weighted by atomic mass is 16.2. The van der Waals surface area contributed by atoms with Gasteiger partial charge in [0, 0.05) is 31.5 Å². The Morgan fingerprint density at radius 3 is 2.81 bits per heavy atom. The van der Waals surface area contributed by atoms with Crippen LogP contribution in [0.5, 0.6) is 0 Å². The number of anilines is 2. The maximum atomic E-state index is 8.74. The van der Waals surface area contributed by atoms with Gasteiger partial charge >= 0.3 is 0 Å². The average molecular weight is 224 g/mol. The summed E-state index contributed by atoms with van der Waals surface area (Å²) in [6, 6.07) is 2.21. The van der Waals surface area contributed by atoms with Gasteiger partial charge in [-0.25, -0.2) is 4.98 Å². The maximum absolute atomic E-state index is 8.74. The van der Waals surface area contributed by atoms with Crippen LogP contribution in [0.2, 0.25) is 0 Å². The van der Waals surface area contributed by atoms with E-state index < -0.39 is 0 Å². The third-order valence-electron chi connectivity index (χ3n) is 2.27. The van der Waals surface area contributed by atoms with Crippen LogP contribution in [0.1, 0.15) is 25.5 Å². The first-order valence-corrected chi connectivity index (χ1v) is 5.56. The van der Waals surface area contributed by atoms with Crippen molar-refractivity contribution in [3.8, 4) is 0 Å². The lowest BCUT2D eigenvalue weighted by atomic mass is 10.2. The first kappa shape index (κ1) is 12.7. The van der Waals surface area contributed by atoms with Crippen molar-refractivity contribution in [2.24, 2.45) is 0 Å². The van der Waals surface area contributed by atoms with Gasteiger partial charge in [-0.05, 0) is 26.7 Å². The highest BCUT2D eigenvalue weighted by Gasteiger charge is 2.04. The van der Waals surface area contributed by atoms with Crippen LogP contribution in [-0.2, 0) is 0 Å². The zero-order valence-corrected chi connectivity index (χ0v) is 10.1. The Morgan fingerprint density at radius 1 is 1.44 bits per heavy atom. The largest absolute Gasteiger partial charge is 0.396 e. The van der Waals surface area contributed by atoms with Crippen molar-refractivity contribution in [1.82, 2.24) is 9.97 Å². The van der Waals surface area contributed by atoms with Crippen molar-refractivity contribution in [1.29, 1.82) is 0 Å². The van der Waals surface area contributed by atoms with Gasteiger partial charge in [0.05, 0.1) is 0 Å². The Morgan fingerprint density at radius 2 is 2.19 bits per heavy atom. The molecule has 0 aliphatic rings. The molecular formula is C11H20N4O. The van der Waals surface area contributed by atoms with Gasteiger partial charge in [-0.15, -0.1) is 0 Å². The van der Waals surface area contributed by atoms with Gasteiger partial charge in [-0.1, -0.05) is 0 Å². The number of aliphatic hydroxyl groups excluding tert-OH is 1. The molecule has 3 N–H and O–H groups in total. The van der Waals surface area contributed by atoms with E-state index >= 15 is 0 Å². The molecule has 1 rings (SSSR count). The van der Waals surface area contributed by atoms with Gasteiger partial charge in [-0.2, -0.15) is 4.98 Å². The highest BCUT2D eigenvalue weighted by molar-refractivity contribution is 5.42. The van der Waals surface area contributed by atoms with Crippen molar-refractivity contribution < 1.29 is 5.11 Å². The maximum Gasteiger partial charge on any atom is 0.224 e. The molecule has 0 aliphatic carbocycles. The fraction of sp³-hybridized carbons (Fsp3) is 0.636. The first-order valence-electron chi connectivity index (χ1n) is 5.56. The lowest BCUT2D eigenvalue weighted by Crippen LogP contribution is -2.17. The van der Waals surface area contributed by atoms with Crippen LogP contribution in [0.4, 0.5) is 11.8 Å². The average Bonchev–Trinajstić information content (AvgIpc) is 2.25. The highest BCUT2D eigenvalue weighted by Crippen LogP contribution is 2.11. The van der Waals surface area contributed by atoms with E-state index in [0.717, 1.165) is 24.4 Å². The topological polar surface area (TPSA) is 70.1 Å². The van der Waals surface area contributed by atoms with Gasteiger partial charge in [0.2, 0.25) is 5.95 Å². The minimum absolute atomic E-state index is 0.233. The molecule has 0 radical (unpaired) electrons. The van der Waals surface area contributed by atoms with Crippen LogP contribution in [0.25, 0.3) is 0 Å². The lowest BCUT2D eigenvalue weighted by Gasteiger charge is -2.14. The predicted molar refractivity (Wildman–Crippen MR) is 65.7 cm³/mol. The summed E-state index contributed by atoms with van der Waals surface area (Å²) in [5.41, 5.74) is 0.927. The number of aromatic nitrogens is 2. The molecule has 0 aromatic carbocycles. The van der Waals surface area contributed by atoms with Crippen molar-refractivity contribution >= 4 is 11.8 Å². The van der Waals surface area contributed by atoms with E-state index in [1.165, 1.54) is 0 Å². The van der Waals surface area contributed by atoms with Gasteiger partial charge in [-0.3, -0.25) is 0 Å². The summed E-state index contributed by atoms with van der Waals surface area (Å²) in [7, 11) is 1.80. The van der Waals surface area contributed by atoms with Crippen molar-refractivity contribution in [3.05, 3.63) is 11.8 Å². The summed E-state index contributed by atoms with van der Waals surface area (Å²) >= 11 is 0. The standard InChI is InChI=1S/C11H20N4O/c1-8(5-4-6-16)13-10-7-9(2)14-11(12-3)15-10/h7-8,16H,4-6H2,1-3H3,(H2,12,13,14,15). The molecule has 0 spiro atoms. The summed E-state index contributed by atoms with van der Waals surface area (Å²) < 4.78 is 0. The Labute approximate surface area is 96.3 Å². The van der Waals surface area contributed by atoms with E-state index in [9.17, 15) is 0 Å². The second kappa shape index (κ2) is 6.27. The fourth-order valence-electron chi connectivity index (χ4n) is 1.48. The van der Waals surface area contributed by atoms with E-state index in [1.54, 1.807) is 7.05 Å². The minimum Gasteiger partial charge on any atom is -0.396 e. The fourth-order valence-corrected chi connectivity index (χ4v) is 1.48. The number of aliphatic hydroxyl groups is 1. The molecule has 5 heteroatoms. The molecule has 5 nitrogen and oxygen atoms in total. The minimum atomic E-state index is 0.233. The smallest absolute Gasteiger partial charge is 0.224 e. The van der Waals surface area contributed by atoms with Gasteiger partial charge < -0.3 is 15.7 Å². The van der Waals surface area contributed by atoms with Crippen molar-refractivity contribution in [2.45, 2.75) is 32.7 Å². The summed E-state index contributed by atoms with van der Waals surface area (Å²) in [4.78, 5) is 8.52. The molecule has 0 bridgehead atoms. The Hall–Kier alpha value is -1.36. The Bertz CT molecular complexity index is 330. The number of nitrogens with one attached hydrogen (secondary N) is 2. The quantitative estimate of drug-likeness (QED) is 0.681. The van der Waals surface area contributed by atoms with Crippen molar-refractivity contribution in [2.75, 3.05) is 24.3 Å². The molecule has 1 heterocycles. The number of hydrogen-bond acceptors (Lipinski definition) is 5. The zero-order valence-electron chi connectivity index (χ0n) is 10.1. The molecule has 0 saturated carbocycles. The summed E-state index contributed by atoms with van der Waals surface area (Å²) in [5, 5.41) is 15.0. The SMILES string of the molecule is CNc1nc(C)cc(NC(C)CCCO)n1. The molecule has 0 saturated heterocycles. The predicted octanol–water partition coefficient (Wildman–Crippen LogP) is 1.40. The van der Waals surface area contributed by atoms with Gasteiger partial charge in [0.25, 0.3) is 0 Å². The van der Waals surface area contributed by atoms with Crippen LogP contribution >= 0.6 is 0 Å². The molecule has 90 valence electrons. The van der Waals surface area contributed by atoms with Gasteiger partial charge in [0.1, 0.15) is 5.82 Å². The molecule has 1 atom stereocenters.